The molecule has 0 rings (SSSR count). The lowest BCUT2D eigenvalue weighted by molar-refractivity contribution is 0.523. The minimum absolute atomic E-state index is 0.248. The van der Waals surface area contributed by atoms with Gasteiger partial charge in [0.25, 0.3) is 0 Å². The standard InChI is InChI=1S/C25H54S/c1-5-6-7-8-9-10-11-12-13-14-15-16-17-18-19-20-21-22-23-24-25-26(2,3)4/h5-25H2,1-4H3. The summed E-state index contributed by atoms with van der Waals surface area (Å²) in [6.07, 6.45) is 36.9. The van der Waals surface area contributed by atoms with Crippen molar-refractivity contribution in [2.24, 2.45) is 0 Å². The van der Waals surface area contributed by atoms with Crippen LogP contribution in [0.15, 0.2) is 0 Å². The van der Waals surface area contributed by atoms with Crippen LogP contribution in [0.4, 0.5) is 0 Å². The fourth-order valence-electron chi connectivity index (χ4n) is 3.79. The zero-order chi connectivity index (χ0) is 19.3. The Labute approximate surface area is 170 Å². The molecule has 0 nitrogen and oxygen atoms in total. The fourth-order valence-corrected chi connectivity index (χ4v) is 4.86. The maximum atomic E-state index is 2.45. The summed E-state index contributed by atoms with van der Waals surface area (Å²) in [6, 6.07) is 0. The lowest BCUT2D eigenvalue weighted by atomic mass is 10.0. The number of unbranched alkanes of at least 4 members (excludes halogenated alkanes) is 19. The van der Waals surface area contributed by atoms with Crippen LogP contribution < -0.4 is 0 Å². The van der Waals surface area contributed by atoms with E-state index < -0.39 is 0 Å². The van der Waals surface area contributed by atoms with Crippen LogP contribution in [-0.4, -0.2) is 24.5 Å². The normalized spacial score (nSPS) is 12.6. The highest BCUT2D eigenvalue weighted by atomic mass is 32.3. The van der Waals surface area contributed by atoms with E-state index in [2.05, 4.69) is 25.7 Å². The van der Waals surface area contributed by atoms with Crippen LogP contribution in [-0.2, 0) is 0 Å². The van der Waals surface area contributed by atoms with Crippen LogP contribution in [0.25, 0.3) is 0 Å². The quantitative estimate of drug-likeness (QED) is 0.172. The minimum Gasteiger partial charge on any atom is -0.250 e. The molecule has 0 amide bonds. The molecule has 0 aliphatic carbocycles. The molecule has 0 aromatic rings. The van der Waals surface area contributed by atoms with Gasteiger partial charge in [0.05, 0.1) is 0 Å². The van der Waals surface area contributed by atoms with Crippen molar-refractivity contribution in [1.82, 2.24) is 0 Å². The van der Waals surface area contributed by atoms with Crippen molar-refractivity contribution in [2.45, 2.75) is 135 Å². The molecule has 1 heteroatoms. The largest absolute Gasteiger partial charge is 0.250 e. The smallest absolute Gasteiger partial charge is 0.0235 e. The Morgan fingerprint density at radius 3 is 0.808 bits per heavy atom. The topological polar surface area (TPSA) is 0 Å². The Morgan fingerprint density at radius 1 is 0.346 bits per heavy atom. The molecule has 0 bridgehead atoms. The van der Waals surface area contributed by atoms with E-state index in [-0.39, 0.29) is 10.0 Å². The van der Waals surface area contributed by atoms with Gasteiger partial charge in [-0.2, -0.15) is 0 Å². The van der Waals surface area contributed by atoms with E-state index in [9.17, 15) is 0 Å². The number of hydrogen-bond acceptors (Lipinski definition) is 0. The van der Waals surface area contributed by atoms with Crippen molar-refractivity contribution in [3.63, 3.8) is 0 Å². The van der Waals surface area contributed by atoms with Crippen LogP contribution in [0.2, 0.25) is 0 Å². The van der Waals surface area contributed by atoms with E-state index in [1.165, 1.54) is 134 Å². The van der Waals surface area contributed by atoms with Gasteiger partial charge in [-0.25, -0.2) is 10.0 Å². The van der Waals surface area contributed by atoms with Gasteiger partial charge in [0.2, 0.25) is 0 Å². The summed E-state index contributed by atoms with van der Waals surface area (Å²) in [5.74, 6) is 1.48. The minimum atomic E-state index is -0.248. The summed E-state index contributed by atoms with van der Waals surface area (Å²) >= 11 is 0. The first-order valence-electron chi connectivity index (χ1n) is 12.2. The van der Waals surface area contributed by atoms with E-state index in [4.69, 9.17) is 0 Å². The summed E-state index contributed by atoms with van der Waals surface area (Å²) in [6.45, 7) is 2.30. The van der Waals surface area contributed by atoms with E-state index in [1.54, 1.807) is 0 Å². The molecule has 0 spiro atoms. The van der Waals surface area contributed by atoms with Gasteiger partial charge in [-0.1, -0.05) is 129 Å². The molecule has 0 heterocycles. The summed E-state index contributed by atoms with van der Waals surface area (Å²) in [4.78, 5) is 0. The maximum Gasteiger partial charge on any atom is -0.0235 e. The summed E-state index contributed by atoms with van der Waals surface area (Å²) in [5.41, 5.74) is 0. The van der Waals surface area contributed by atoms with Crippen LogP contribution >= 0.6 is 10.0 Å². The van der Waals surface area contributed by atoms with Gasteiger partial charge in [0.15, 0.2) is 0 Å². The molecular weight excluding hydrogens is 332 g/mol. The summed E-state index contributed by atoms with van der Waals surface area (Å²) in [5, 5.41) is 0. The van der Waals surface area contributed by atoms with Gasteiger partial charge >= 0.3 is 0 Å². The lowest BCUT2D eigenvalue weighted by Gasteiger charge is -2.24. The molecule has 0 aliphatic heterocycles. The predicted octanol–water partition coefficient (Wildman–Crippen LogP) is 9.50. The molecule has 0 saturated heterocycles. The highest BCUT2D eigenvalue weighted by Gasteiger charge is 2.02. The molecule has 0 N–H and O–H groups in total. The SMILES string of the molecule is CCCCCCCCCCCCCCCCCCCCCCS(C)(C)C. The molecule has 0 atom stereocenters. The monoisotopic (exact) mass is 386 g/mol. The predicted molar refractivity (Wildman–Crippen MR) is 128 cm³/mol. The Balaban J connectivity index is 3.01. The first-order valence-corrected chi connectivity index (χ1v) is 15.2. The Kier molecular flexibility index (Phi) is 20.4. The molecular formula is C25H54S. The number of rotatable bonds is 21. The summed E-state index contributed by atoms with van der Waals surface area (Å²) in [7, 11) is -0.248. The Morgan fingerprint density at radius 2 is 0.577 bits per heavy atom. The fraction of sp³-hybridized carbons (Fsp3) is 1.00. The Bertz CT molecular complexity index is 253. The van der Waals surface area contributed by atoms with Crippen LogP contribution in [0.3, 0.4) is 0 Å². The highest BCUT2D eigenvalue weighted by molar-refractivity contribution is 8.32. The zero-order valence-corrected chi connectivity index (χ0v) is 20.1. The average Bonchev–Trinajstić information content (AvgIpc) is 2.59. The first-order chi connectivity index (χ1) is 12.6. The average molecular weight is 387 g/mol. The van der Waals surface area contributed by atoms with E-state index >= 15 is 0 Å². The van der Waals surface area contributed by atoms with Crippen molar-refractivity contribution in [1.29, 1.82) is 0 Å². The van der Waals surface area contributed by atoms with Gasteiger partial charge in [-0.15, -0.1) is 0 Å². The van der Waals surface area contributed by atoms with Gasteiger partial charge in [0, 0.05) is 0 Å². The van der Waals surface area contributed by atoms with Crippen molar-refractivity contribution in [2.75, 3.05) is 24.5 Å². The number of hydrogen-bond donors (Lipinski definition) is 0. The molecule has 0 aromatic heterocycles. The van der Waals surface area contributed by atoms with Crippen molar-refractivity contribution in [3.05, 3.63) is 0 Å². The third-order valence-electron chi connectivity index (χ3n) is 5.61. The molecule has 160 valence electrons. The molecule has 26 heavy (non-hydrogen) atoms. The van der Waals surface area contributed by atoms with Crippen molar-refractivity contribution in [3.8, 4) is 0 Å². The first kappa shape index (κ1) is 26.4. The third kappa shape index (κ3) is 24.4. The highest BCUT2D eigenvalue weighted by Crippen LogP contribution is 2.35. The molecule has 0 aliphatic rings. The molecule has 0 saturated carbocycles. The van der Waals surface area contributed by atoms with Gasteiger partial charge < -0.3 is 0 Å². The summed E-state index contributed by atoms with van der Waals surface area (Å²) < 4.78 is 0. The Hall–Kier alpha value is 0.350. The third-order valence-corrected chi connectivity index (χ3v) is 7.12. The van der Waals surface area contributed by atoms with Gasteiger partial charge in [-0.05, 0) is 30.9 Å². The van der Waals surface area contributed by atoms with E-state index in [1.807, 2.05) is 0 Å². The van der Waals surface area contributed by atoms with Crippen LogP contribution in [0.5, 0.6) is 0 Å². The molecule has 0 unspecified atom stereocenters. The molecule has 0 radical (unpaired) electrons. The van der Waals surface area contributed by atoms with Crippen molar-refractivity contribution < 1.29 is 0 Å². The van der Waals surface area contributed by atoms with Gasteiger partial charge in [-0.3, -0.25) is 0 Å². The van der Waals surface area contributed by atoms with Gasteiger partial charge in [0.1, 0.15) is 0 Å². The molecule has 0 aromatic carbocycles. The van der Waals surface area contributed by atoms with Crippen molar-refractivity contribution >= 4 is 10.0 Å². The second kappa shape index (κ2) is 20.1. The van der Waals surface area contributed by atoms with E-state index in [0.717, 1.165) is 0 Å². The zero-order valence-electron chi connectivity index (χ0n) is 19.3. The second-order valence-electron chi connectivity index (χ2n) is 9.51. The maximum absolute atomic E-state index is 2.45. The lowest BCUT2D eigenvalue weighted by Crippen LogP contribution is -1.98. The van der Waals surface area contributed by atoms with E-state index in [0.29, 0.717) is 0 Å². The second-order valence-corrected chi connectivity index (χ2v) is 14.1. The van der Waals surface area contributed by atoms with Crippen LogP contribution in [0.1, 0.15) is 135 Å². The van der Waals surface area contributed by atoms with Crippen LogP contribution in [0, 0.1) is 0 Å². The molecule has 0 fully saturated rings.